The van der Waals surface area contributed by atoms with E-state index in [0.717, 1.165) is 5.56 Å². The normalized spacial score (nSPS) is 13.9. The van der Waals surface area contributed by atoms with Gasteiger partial charge in [-0.05, 0) is 32.9 Å². The number of hydrazine groups is 1. The van der Waals surface area contributed by atoms with Gasteiger partial charge in [-0.2, -0.15) is 5.26 Å². The van der Waals surface area contributed by atoms with Crippen molar-refractivity contribution in [2.75, 3.05) is 18.4 Å². The number of hydrogen-bond acceptors (Lipinski definition) is 7. The summed E-state index contributed by atoms with van der Waals surface area (Å²) >= 11 is 1.28. The van der Waals surface area contributed by atoms with E-state index in [1.54, 1.807) is 29.8 Å². The second-order valence-electron chi connectivity index (χ2n) is 7.52. The Hall–Kier alpha value is -3.22. The molecule has 1 aliphatic heterocycles. The first-order chi connectivity index (χ1) is 13.8. The van der Waals surface area contributed by atoms with Gasteiger partial charge in [-0.25, -0.2) is 9.99 Å². The third kappa shape index (κ3) is 5.19. The lowest BCUT2D eigenvalue weighted by atomic mass is 10.1. The van der Waals surface area contributed by atoms with Gasteiger partial charge in [0.2, 0.25) is 5.91 Å². The number of carbonyl (C=O) groups is 2. The number of hydrogen-bond donors (Lipinski definition) is 3. The maximum atomic E-state index is 12.3. The van der Waals surface area contributed by atoms with E-state index in [1.165, 1.54) is 11.3 Å². The van der Waals surface area contributed by atoms with Crippen LogP contribution in [0.25, 0.3) is 11.3 Å². The van der Waals surface area contributed by atoms with Crippen molar-refractivity contribution in [1.29, 1.82) is 5.26 Å². The zero-order valence-electron chi connectivity index (χ0n) is 16.4. The number of aromatic nitrogens is 1. The molecule has 0 aliphatic carbocycles. The van der Waals surface area contributed by atoms with Crippen LogP contribution in [0.4, 0.5) is 5.13 Å². The number of rotatable bonds is 5. The van der Waals surface area contributed by atoms with Crippen LogP contribution in [0.5, 0.6) is 0 Å². The predicted octanol–water partition coefficient (Wildman–Crippen LogP) is 2.24. The number of anilines is 1. The monoisotopic (exact) mass is 410 g/mol. The molecular weight excluding hydrogens is 388 g/mol. The fourth-order valence-electron chi connectivity index (χ4n) is 2.63. The highest BCUT2D eigenvalue weighted by Crippen LogP contribution is 2.25. The molecule has 8 nitrogen and oxygen atoms in total. The first kappa shape index (κ1) is 20.5. The molecule has 29 heavy (non-hydrogen) atoms. The largest absolute Gasteiger partial charge is 0.343 e. The SMILES string of the molecule is CC(C)(C)N1CC(C(=O)NCC(=O)Nc2nc(-c3cccc(C#N)c3)cs2)=CN1. The lowest BCUT2D eigenvalue weighted by Crippen LogP contribution is -2.46. The van der Waals surface area contributed by atoms with Crippen molar-refractivity contribution in [3.05, 3.63) is 47.0 Å². The molecule has 0 bridgehead atoms. The minimum absolute atomic E-state index is 0.120. The summed E-state index contributed by atoms with van der Waals surface area (Å²) in [5.41, 5.74) is 5.54. The van der Waals surface area contributed by atoms with Crippen LogP contribution in [0.15, 0.2) is 41.4 Å². The number of amides is 2. The number of thiazole rings is 1. The number of carbonyl (C=O) groups excluding carboxylic acids is 2. The van der Waals surface area contributed by atoms with Crippen LogP contribution in [0.3, 0.4) is 0 Å². The molecule has 3 N–H and O–H groups in total. The van der Waals surface area contributed by atoms with E-state index in [9.17, 15) is 9.59 Å². The Morgan fingerprint density at radius 2 is 2.17 bits per heavy atom. The van der Waals surface area contributed by atoms with Crippen molar-refractivity contribution in [1.82, 2.24) is 20.7 Å². The first-order valence-electron chi connectivity index (χ1n) is 9.03. The maximum absolute atomic E-state index is 12.3. The summed E-state index contributed by atoms with van der Waals surface area (Å²) in [5.74, 6) is -0.642. The van der Waals surface area contributed by atoms with E-state index >= 15 is 0 Å². The molecule has 0 atom stereocenters. The minimum atomic E-state index is -0.357. The van der Waals surface area contributed by atoms with Gasteiger partial charge in [-0.3, -0.25) is 9.59 Å². The van der Waals surface area contributed by atoms with E-state index in [0.29, 0.717) is 28.5 Å². The molecule has 0 fully saturated rings. The van der Waals surface area contributed by atoms with Gasteiger partial charge in [0.1, 0.15) is 0 Å². The van der Waals surface area contributed by atoms with E-state index in [2.05, 4.69) is 27.1 Å². The zero-order valence-corrected chi connectivity index (χ0v) is 17.3. The summed E-state index contributed by atoms with van der Waals surface area (Å²) in [7, 11) is 0. The first-order valence-corrected chi connectivity index (χ1v) is 9.91. The van der Waals surface area contributed by atoms with Gasteiger partial charge in [-0.1, -0.05) is 12.1 Å². The second kappa shape index (κ2) is 8.43. The smallest absolute Gasteiger partial charge is 0.250 e. The third-order valence-corrected chi connectivity index (χ3v) is 5.03. The zero-order chi connectivity index (χ0) is 21.0. The topological polar surface area (TPSA) is 110 Å². The molecule has 1 aromatic heterocycles. The highest BCUT2D eigenvalue weighted by Gasteiger charge is 2.28. The molecule has 0 spiro atoms. The number of nitrogens with one attached hydrogen (secondary N) is 3. The van der Waals surface area contributed by atoms with Crippen LogP contribution in [-0.2, 0) is 9.59 Å². The molecule has 0 saturated heterocycles. The molecule has 150 valence electrons. The number of nitriles is 1. The van der Waals surface area contributed by atoms with Gasteiger partial charge in [0.25, 0.3) is 5.91 Å². The van der Waals surface area contributed by atoms with Crippen LogP contribution >= 0.6 is 11.3 Å². The number of nitrogens with zero attached hydrogens (tertiary/aromatic N) is 3. The van der Waals surface area contributed by atoms with E-state index in [-0.39, 0.29) is 23.9 Å². The summed E-state index contributed by atoms with van der Waals surface area (Å²) < 4.78 is 0. The van der Waals surface area contributed by atoms with Crippen LogP contribution in [0, 0.1) is 11.3 Å². The summed E-state index contributed by atoms with van der Waals surface area (Å²) in [6.07, 6.45) is 1.65. The lowest BCUT2D eigenvalue weighted by molar-refractivity contribution is -0.121. The Morgan fingerprint density at radius 3 is 2.86 bits per heavy atom. The van der Waals surface area contributed by atoms with Crippen molar-refractivity contribution in [2.45, 2.75) is 26.3 Å². The van der Waals surface area contributed by atoms with Crippen LogP contribution < -0.4 is 16.1 Å². The van der Waals surface area contributed by atoms with Crippen LogP contribution in [0.2, 0.25) is 0 Å². The minimum Gasteiger partial charge on any atom is -0.343 e. The molecule has 0 unspecified atom stereocenters. The van der Waals surface area contributed by atoms with E-state index in [4.69, 9.17) is 5.26 Å². The highest BCUT2D eigenvalue weighted by molar-refractivity contribution is 7.14. The maximum Gasteiger partial charge on any atom is 0.250 e. The van der Waals surface area contributed by atoms with Crippen molar-refractivity contribution in [3.63, 3.8) is 0 Å². The van der Waals surface area contributed by atoms with Gasteiger partial charge < -0.3 is 16.1 Å². The van der Waals surface area contributed by atoms with Crippen molar-refractivity contribution >= 4 is 28.3 Å². The third-order valence-electron chi connectivity index (χ3n) is 4.27. The summed E-state index contributed by atoms with van der Waals surface area (Å²) in [4.78, 5) is 28.8. The van der Waals surface area contributed by atoms with E-state index in [1.807, 2.05) is 31.8 Å². The Labute approximate surface area is 173 Å². The van der Waals surface area contributed by atoms with Crippen molar-refractivity contribution < 1.29 is 9.59 Å². The number of benzene rings is 1. The Morgan fingerprint density at radius 1 is 1.38 bits per heavy atom. The fraction of sp³-hybridized carbons (Fsp3) is 0.300. The molecule has 3 rings (SSSR count). The standard InChI is InChI=1S/C20H22N6O2S/c1-20(2,3)26-11-15(9-23-26)18(28)22-10-17(27)25-19-24-16(12-29-19)14-6-4-5-13(7-14)8-21/h4-7,9,12,23H,10-11H2,1-3H3,(H,22,28)(H,24,25,27). The molecule has 2 heterocycles. The molecular formula is C20H22N6O2S. The molecule has 0 saturated carbocycles. The second-order valence-corrected chi connectivity index (χ2v) is 8.38. The Balaban J connectivity index is 1.51. The average Bonchev–Trinajstić information content (AvgIpc) is 3.36. The molecule has 1 aliphatic rings. The Bertz CT molecular complexity index is 999. The molecule has 2 aromatic rings. The molecule has 2 amide bonds. The van der Waals surface area contributed by atoms with Gasteiger partial charge in [0.15, 0.2) is 5.13 Å². The van der Waals surface area contributed by atoms with Gasteiger partial charge >= 0.3 is 0 Å². The van der Waals surface area contributed by atoms with Crippen LogP contribution in [-0.4, -0.2) is 40.4 Å². The Kier molecular flexibility index (Phi) is 5.96. The van der Waals surface area contributed by atoms with Gasteiger partial charge in [-0.15, -0.1) is 11.3 Å². The predicted molar refractivity (Wildman–Crippen MR) is 112 cm³/mol. The fourth-order valence-corrected chi connectivity index (χ4v) is 3.37. The average molecular weight is 411 g/mol. The summed E-state index contributed by atoms with van der Waals surface area (Å²) in [6.45, 7) is 6.45. The van der Waals surface area contributed by atoms with E-state index < -0.39 is 0 Å². The molecule has 9 heteroatoms. The van der Waals surface area contributed by atoms with Crippen molar-refractivity contribution in [2.24, 2.45) is 0 Å². The molecule has 1 aromatic carbocycles. The molecule has 0 radical (unpaired) electrons. The van der Waals surface area contributed by atoms with Crippen molar-refractivity contribution in [3.8, 4) is 17.3 Å². The lowest BCUT2D eigenvalue weighted by Gasteiger charge is -2.31. The summed E-state index contributed by atoms with van der Waals surface area (Å²) in [6, 6.07) is 9.19. The van der Waals surface area contributed by atoms with Gasteiger partial charge in [0, 0.05) is 28.3 Å². The van der Waals surface area contributed by atoms with Gasteiger partial charge in [0.05, 0.1) is 30.4 Å². The quantitative estimate of drug-likeness (QED) is 0.697. The summed E-state index contributed by atoms with van der Waals surface area (Å²) in [5, 5.41) is 18.5. The van der Waals surface area contributed by atoms with Crippen LogP contribution in [0.1, 0.15) is 26.3 Å². The highest BCUT2D eigenvalue weighted by atomic mass is 32.1.